The maximum absolute atomic E-state index is 13.6. The Bertz CT molecular complexity index is 739. The van der Waals surface area contributed by atoms with E-state index in [0.29, 0.717) is 0 Å². The molecule has 1 aromatic heterocycles. The van der Waals surface area contributed by atoms with Gasteiger partial charge in [0.1, 0.15) is 5.82 Å². The number of rotatable bonds is 4. The van der Waals surface area contributed by atoms with Crippen LogP contribution in [0.2, 0.25) is 0 Å². The summed E-state index contributed by atoms with van der Waals surface area (Å²) in [5, 5.41) is 3.82. The summed E-state index contributed by atoms with van der Waals surface area (Å²) < 4.78 is 40.5. The molecule has 0 atom stereocenters. The van der Waals surface area contributed by atoms with E-state index in [-0.39, 0.29) is 22.7 Å². The molecular formula is C13H15FN2O2S2. The van der Waals surface area contributed by atoms with Crippen molar-refractivity contribution < 1.29 is 12.8 Å². The molecule has 0 unspecified atom stereocenters. The van der Waals surface area contributed by atoms with Crippen LogP contribution in [0.4, 0.5) is 10.1 Å². The smallest absolute Gasteiger partial charge is 0.241 e. The predicted molar refractivity (Wildman–Crippen MR) is 78.6 cm³/mol. The largest absolute Gasteiger partial charge is 0.399 e. The molecule has 20 heavy (non-hydrogen) atoms. The van der Waals surface area contributed by atoms with Gasteiger partial charge in [0.25, 0.3) is 0 Å². The van der Waals surface area contributed by atoms with Crippen molar-refractivity contribution in [2.75, 3.05) is 5.73 Å². The molecule has 108 valence electrons. The van der Waals surface area contributed by atoms with Crippen LogP contribution >= 0.6 is 11.3 Å². The van der Waals surface area contributed by atoms with Gasteiger partial charge >= 0.3 is 0 Å². The second-order valence-corrected chi connectivity index (χ2v) is 7.01. The zero-order valence-corrected chi connectivity index (χ0v) is 12.7. The first-order chi connectivity index (χ1) is 9.31. The van der Waals surface area contributed by atoms with Crippen molar-refractivity contribution in [1.82, 2.24) is 4.72 Å². The maximum Gasteiger partial charge on any atom is 0.241 e. The Morgan fingerprint density at radius 3 is 2.60 bits per heavy atom. The summed E-state index contributed by atoms with van der Waals surface area (Å²) in [7, 11) is -3.79. The Morgan fingerprint density at radius 2 is 2.00 bits per heavy atom. The molecule has 0 amide bonds. The third-order valence-corrected chi connectivity index (χ3v) is 5.46. The summed E-state index contributed by atoms with van der Waals surface area (Å²) in [4.78, 5) is -0.122. The second-order valence-electron chi connectivity index (χ2n) is 4.53. The third kappa shape index (κ3) is 3.00. The molecule has 1 aromatic carbocycles. The highest BCUT2D eigenvalue weighted by atomic mass is 32.2. The van der Waals surface area contributed by atoms with Crippen molar-refractivity contribution in [3.63, 3.8) is 0 Å². The van der Waals surface area contributed by atoms with Crippen LogP contribution in [-0.2, 0) is 16.6 Å². The van der Waals surface area contributed by atoms with E-state index < -0.39 is 15.8 Å². The molecule has 2 aromatic rings. The molecule has 0 fully saturated rings. The van der Waals surface area contributed by atoms with E-state index in [2.05, 4.69) is 4.72 Å². The van der Waals surface area contributed by atoms with Gasteiger partial charge in [-0.15, -0.1) is 0 Å². The van der Waals surface area contributed by atoms with Crippen LogP contribution in [0.15, 0.2) is 27.8 Å². The number of benzene rings is 1. The van der Waals surface area contributed by atoms with Crippen LogP contribution in [0.1, 0.15) is 16.7 Å². The Balaban J connectivity index is 2.29. The van der Waals surface area contributed by atoms with Crippen molar-refractivity contribution in [2.24, 2.45) is 0 Å². The van der Waals surface area contributed by atoms with Gasteiger partial charge < -0.3 is 5.73 Å². The Morgan fingerprint density at radius 1 is 1.30 bits per heavy atom. The van der Waals surface area contributed by atoms with Gasteiger partial charge in [-0.2, -0.15) is 11.3 Å². The minimum atomic E-state index is -3.79. The molecule has 0 aliphatic carbocycles. The molecule has 0 saturated heterocycles. The van der Waals surface area contributed by atoms with Crippen LogP contribution in [0.3, 0.4) is 0 Å². The minimum absolute atomic E-state index is 0.0636. The molecule has 3 N–H and O–H groups in total. The highest BCUT2D eigenvalue weighted by Crippen LogP contribution is 2.22. The standard InChI is InChI=1S/C13H15FN2O2S2/c1-8-6-19-7-10(8)5-16-20(17,18)13-4-11(15)3-12(14)9(13)2/h3-4,6-7,16H,5,15H2,1-2H3. The normalized spacial score (nSPS) is 11.8. The van der Waals surface area contributed by atoms with E-state index in [4.69, 9.17) is 5.73 Å². The fraction of sp³-hybridized carbons (Fsp3) is 0.231. The van der Waals surface area contributed by atoms with Crippen molar-refractivity contribution >= 4 is 27.0 Å². The molecule has 0 aliphatic rings. The summed E-state index contributed by atoms with van der Waals surface area (Å²) in [6.45, 7) is 3.50. The summed E-state index contributed by atoms with van der Waals surface area (Å²) >= 11 is 1.51. The first-order valence-electron chi connectivity index (χ1n) is 5.88. The number of sulfonamides is 1. The molecule has 0 bridgehead atoms. The Hall–Kier alpha value is -1.44. The van der Waals surface area contributed by atoms with Gasteiger partial charge in [0.05, 0.1) is 4.90 Å². The average molecular weight is 314 g/mol. The molecular weight excluding hydrogens is 299 g/mol. The molecule has 1 heterocycles. The van der Waals surface area contributed by atoms with E-state index in [0.717, 1.165) is 17.2 Å². The van der Waals surface area contributed by atoms with Gasteiger partial charge in [0, 0.05) is 17.8 Å². The molecule has 0 radical (unpaired) electrons. The number of aryl methyl sites for hydroxylation is 1. The van der Waals surface area contributed by atoms with Gasteiger partial charge in [-0.1, -0.05) is 0 Å². The van der Waals surface area contributed by atoms with Gasteiger partial charge in [-0.25, -0.2) is 17.5 Å². The van der Waals surface area contributed by atoms with Crippen LogP contribution < -0.4 is 10.5 Å². The lowest BCUT2D eigenvalue weighted by atomic mass is 10.2. The lowest BCUT2D eigenvalue weighted by Crippen LogP contribution is -2.24. The second kappa shape index (κ2) is 5.51. The average Bonchev–Trinajstić information content (AvgIpc) is 2.77. The molecule has 7 heteroatoms. The van der Waals surface area contributed by atoms with Crippen LogP contribution in [0.5, 0.6) is 0 Å². The number of anilines is 1. The summed E-state index contributed by atoms with van der Waals surface area (Å²) in [5.41, 5.74) is 7.58. The van der Waals surface area contributed by atoms with E-state index in [1.807, 2.05) is 17.7 Å². The molecule has 4 nitrogen and oxygen atoms in total. The molecule has 2 rings (SSSR count). The van der Waals surface area contributed by atoms with Crippen molar-refractivity contribution in [1.29, 1.82) is 0 Å². The first kappa shape index (κ1) is 15.0. The van der Waals surface area contributed by atoms with E-state index in [1.54, 1.807) is 0 Å². The number of nitrogen functional groups attached to an aromatic ring is 1. The summed E-state index contributed by atoms with van der Waals surface area (Å²) in [6.07, 6.45) is 0. The van der Waals surface area contributed by atoms with Crippen molar-refractivity contribution in [2.45, 2.75) is 25.3 Å². The maximum atomic E-state index is 13.6. The summed E-state index contributed by atoms with van der Waals surface area (Å²) in [5.74, 6) is -0.628. The van der Waals surface area contributed by atoms with Crippen molar-refractivity contribution in [3.8, 4) is 0 Å². The highest BCUT2D eigenvalue weighted by Gasteiger charge is 2.20. The number of hydrogen-bond donors (Lipinski definition) is 2. The SMILES string of the molecule is Cc1cscc1CNS(=O)(=O)c1cc(N)cc(F)c1C. The number of nitrogens with one attached hydrogen (secondary N) is 1. The quantitative estimate of drug-likeness (QED) is 0.852. The van der Waals surface area contributed by atoms with E-state index in [1.165, 1.54) is 24.3 Å². The first-order valence-corrected chi connectivity index (χ1v) is 8.31. The summed E-state index contributed by atoms with van der Waals surface area (Å²) in [6, 6.07) is 2.37. The molecule has 0 spiro atoms. The topological polar surface area (TPSA) is 72.2 Å². The third-order valence-electron chi connectivity index (χ3n) is 3.02. The van der Waals surface area contributed by atoms with Gasteiger partial charge in [-0.3, -0.25) is 0 Å². The fourth-order valence-corrected chi connectivity index (χ4v) is 3.92. The van der Waals surface area contributed by atoms with Gasteiger partial charge in [0.2, 0.25) is 10.0 Å². The monoisotopic (exact) mass is 314 g/mol. The molecule has 0 aliphatic heterocycles. The predicted octanol–water partition coefficient (Wildman–Crippen LogP) is 2.56. The van der Waals surface area contributed by atoms with Crippen molar-refractivity contribution in [3.05, 3.63) is 45.4 Å². The van der Waals surface area contributed by atoms with E-state index >= 15 is 0 Å². The zero-order valence-electron chi connectivity index (χ0n) is 11.1. The Labute approximate surface area is 121 Å². The number of halogens is 1. The highest BCUT2D eigenvalue weighted by molar-refractivity contribution is 7.89. The number of thiophene rings is 1. The lowest BCUT2D eigenvalue weighted by Gasteiger charge is -2.11. The Kier molecular flexibility index (Phi) is 4.12. The van der Waals surface area contributed by atoms with E-state index in [9.17, 15) is 12.8 Å². The minimum Gasteiger partial charge on any atom is -0.399 e. The lowest BCUT2D eigenvalue weighted by molar-refractivity contribution is 0.574. The number of nitrogens with two attached hydrogens (primary N) is 1. The van der Waals surface area contributed by atoms with Gasteiger partial charge in [-0.05, 0) is 47.9 Å². The zero-order chi connectivity index (χ0) is 14.9. The number of hydrogen-bond acceptors (Lipinski definition) is 4. The molecule has 0 saturated carbocycles. The van der Waals surface area contributed by atoms with Crippen LogP contribution in [-0.4, -0.2) is 8.42 Å². The van der Waals surface area contributed by atoms with Crippen LogP contribution in [0, 0.1) is 19.7 Å². The fourth-order valence-electron chi connectivity index (χ4n) is 1.77. The van der Waals surface area contributed by atoms with Crippen LogP contribution in [0.25, 0.3) is 0 Å². The van der Waals surface area contributed by atoms with Gasteiger partial charge in [0.15, 0.2) is 0 Å².